The van der Waals surface area contributed by atoms with Gasteiger partial charge in [0, 0.05) is 18.6 Å². The van der Waals surface area contributed by atoms with Crippen LogP contribution in [-0.4, -0.2) is 40.6 Å². The number of likely N-dealkylation sites (tertiary alicyclic amines) is 1. The summed E-state index contributed by atoms with van der Waals surface area (Å²) in [5.74, 6) is 0.549. The fourth-order valence-corrected chi connectivity index (χ4v) is 3.62. The van der Waals surface area contributed by atoms with E-state index < -0.39 is 5.97 Å². The summed E-state index contributed by atoms with van der Waals surface area (Å²) in [6.45, 7) is 5.20. The molecule has 21 heavy (non-hydrogen) atoms. The molecule has 0 spiro atoms. The Bertz CT molecular complexity index is 386. The summed E-state index contributed by atoms with van der Waals surface area (Å²) in [7, 11) is 0. The molecule has 0 bridgehead atoms. The Morgan fingerprint density at radius 3 is 2.57 bits per heavy atom. The molecule has 1 saturated carbocycles. The fourth-order valence-electron chi connectivity index (χ4n) is 3.62. The van der Waals surface area contributed by atoms with Crippen molar-refractivity contribution in [1.82, 2.24) is 10.2 Å². The van der Waals surface area contributed by atoms with Crippen LogP contribution in [-0.2, 0) is 4.79 Å². The van der Waals surface area contributed by atoms with Crippen molar-refractivity contribution < 1.29 is 14.7 Å². The van der Waals surface area contributed by atoms with Crippen LogP contribution in [0.25, 0.3) is 0 Å². The van der Waals surface area contributed by atoms with E-state index in [1.54, 1.807) is 4.90 Å². The van der Waals surface area contributed by atoms with Gasteiger partial charge in [-0.25, -0.2) is 4.79 Å². The smallest absolute Gasteiger partial charge is 0.317 e. The lowest BCUT2D eigenvalue weighted by molar-refractivity contribution is -0.138. The lowest BCUT2D eigenvalue weighted by atomic mass is 9.79. The van der Waals surface area contributed by atoms with E-state index in [2.05, 4.69) is 19.2 Å². The maximum absolute atomic E-state index is 12.5. The number of aliphatic carboxylic acids is 1. The summed E-state index contributed by atoms with van der Waals surface area (Å²) in [5, 5.41) is 12.1. The number of hydrogen-bond acceptors (Lipinski definition) is 2. The molecule has 1 aliphatic carbocycles. The second-order valence-electron chi connectivity index (χ2n) is 6.85. The highest BCUT2D eigenvalue weighted by molar-refractivity contribution is 5.76. The standard InChI is InChI=1S/C16H28N2O3/c1-11-6-7-13(9-12(11)2)17-16(21)18-8-4-3-5-14(18)10-15(19)20/h11-14H,3-10H2,1-2H3,(H,17,21)(H,19,20). The highest BCUT2D eigenvalue weighted by atomic mass is 16.4. The van der Waals surface area contributed by atoms with Crippen LogP contribution in [0.5, 0.6) is 0 Å². The molecule has 0 aromatic carbocycles. The number of rotatable bonds is 3. The van der Waals surface area contributed by atoms with Gasteiger partial charge in [-0.05, 0) is 50.4 Å². The predicted octanol–water partition coefficient (Wildman–Crippen LogP) is 2.85. The molecule has 120 valence electrons. The second kappa shape index (κ2) is 7.14. The van der Waals surface area contributed by atoms with Crippen LogP contribution >= 0.6 is 0 Å². The molecule has 4 atom stereocenters. The molecular weight excluding hydrogens is 268 g/mol. The Labute approximate surface area is 127 Å². The number of carbonyl (C=O) groups excluding carboxylic acids is 1. The summed E-state index contributed by atoms with van der Waals surface area (Å²) >= 11 is 0. The quantitative estimate of drug-likeness (QED) is 0.841. The summed E-state index contributed by atoms with van der Waals surface area (Å²) in [4.78, 5) is 25.2. The number of urea groups is 1. The van der Waals surface area contributed by atoms with Crippen molar-refractivity contribution in [1.29, 1.82) is 0 Å². The van der Waals surface area contributed by atoms with Gasteiger partial charge < -0.3 is 15.3 Å². The number of amides is 2. The van der Waals surface area contributed by atoms with Gasteiger partial charge in [0.25, 0.3) is 0 Å². The Kier molecular flexibility index (Phi) is 5.48. The second-order valence-corrected chi connectivity index (χ2v) is 6.85. The molecule has 1 aliphatic heterocycles. The lowest BCUT2D eigenvalue weighted by Gasteiger charge is -2.38. The minimum atomic E-state index is -0.820. The third-order valence-electron chi connectivity index (χ3n) is 5.22. The minimum Gasteiger partial charge on any atom is -0.481 e. The normalized spacial score (nSPS) is 33.5. The molecule has 2 rings (SSSR count). The highest BCUT2D eigenvalue weighted by Gasteiger charge is 2.31. The van der Waals surface area contributed by atoms with Gasteiger partial charge >= 0.3 is 12.0 Å². The van der Waals surface area contributed by atoms with E-state index in [0.717, 1.165) is 44.4 Å². The van der Waals surface area contributed by atoms with Gasteiger partial charge in [0.15, 0.2) is 0 Å². The Hall–Kier alpha value is -1.26. The van der Waals surface area contributed by atoms with Crippen LogP contribution in [0.3, 0.4) is 0 Å². The first kappa shape index (κ1) is 16.1. The number of carboxylic acids is 1. The molecule has 5 nitrogen and oxygen atoms in total. The maximum Gasteiger partial charge on any atom is 0.317 e. The van der Waals surface area contributed by atoms with Crippen molar-refractivity contribution in [3.63, 3.8) is 0 Å². The SMILES string of the molecule is CC1CCC(NC(=O)N2CCCCC2CC(=O)O)CC1C. The van der Waals surface area contributed by atoms with Crippen LogP contribution in [0.1, 0.15) is 58.8 Å². The van der Waals surface area contributed by atoms with Gasteiger partial charge in [0.2, 0.25) is 0 Å². The van der Waals surface area contributed by atoms with Crippen LogP contribution in [0, 0.1) is 11.8 Å². The van der Waals surface area contributed by atoms with Gasteiger partial charge in [0.1, 0.15) is 0 Å². The van der Waals surface area contributed by atoms with Crippen molar-refractivity contribution in [2.24, 2.45) is 11.8 Å². The zero-order chi connectivity index (χ0) is 15.4. The highest BCUT2D eigenvalue weighted by Crippen LogP contribution is 2.29. The average Bonchev–Trinajstić information content (AvgIpc) is 2.43. The van der Waals surface area contributed by atoms with Crippen LogP contribution in [0.4, 0.5) is 4.79 Å². The molecule has 2 N–H and O–H groups in total. The van der Waals surface area contributed by atoms with E-state index in [9.17, 15) is 9.59 Å². The Morgan fingerprint density at radius 1 is 1.14 bits per heavy atom. The zero-order valence-electron chi connectivity index (χ0n) is 13.2. The first-order valence-electron chi connectivity index (χ1n) is 8.26. The first-order chi connectivity index (χ1) is 9.97. The molecule has 1 heterocycles. The average molecular weight is 296 g/mol. The van der Waals surface area contributed by atoms with Gasteiger partial charge in [-0.2, -0.15) is 0 Å². The van der Waals surface area contributed by atoms with E-state index in [4.69, 9.17) is 5.11 Å². The van der Waals surface area contributed by atoms with Gasteiger partial charge in [0.05, 0.1) is 6.42 Å². The largest absolute Gasteiger partial charge is 0.481 e. The zero-order valence-corrected chi connectivity index (χ0v) is 13.2. The lowest BCUT2D eigenvalue weighted by Crippen LogP contribution is -2.52. The minimum absolute atomic E-state index is 0.0610. The Balaban J connectivity index is 1.90. The molecule has 4 unspecified atom stereocenters. The van der Waals surface area contributed by atoms with E-state index in [1.165, 1.54) is 0 Å². The van der Waals surface area contributed by atoms with Crippen molar-refractivity contribution in [2.75, 3.05) is 6.54 Å². The summed E-state index contributed by atoms with van der Waals surface area (Å²) in [5.41, 5.74) is 0. The number of carboxylic acid groups (broad SMARTS) is 1. The maximum atomic E-state index is 12.5. The van der Waals surface area contributed by atoms with Gasteiger partial charge in [-0.15, -0.1) is 0 Å². The van der Waals surface area contributed by atoms with Gasteiger partial charge in [-0.3, -0.25) is 4.79 Å². The number of hydrogen-bond donors (Lipinski definition) is 2. The van der Waals surface area contributed by atoms with E-state index in [0.29, 0.717) is 12.5 Å². The van der Waals surface area contributed by atoms with Crippen molar-refractivity contribution in [3.8, 4) is 0 Å². The van der Waals surface area contributed by atoms with Crippen LogP contribution < -0.4 is 5.32 Å². The van der Waals surface area contributed by atoms with E-state index in [1.807, 2.05) is 0 Å². The van der Waals surface area contributed by atoms with Crippen molar-refractivity contribution in [3.05, 3.63) is 0 Å². The van der Waals surface area contributed by atoms with E-state index in [-0.39, 0.29) is 24.5 Å². The molecule has 2 amide bonds. The Morgan fingerprint density at radius 2 is 1.90 bits per heavy atom. The van der Waals surface area contributed by atoms with E-state index >= 15 is 0 Å². The summed E-state index contributed by atoms with van der Waals surface area (Å²) in [6, 6.07) is 0.0417. The van der Waals surface area contributed by atoms with Crippen LogP contribution in [0.2, 0.25) is 0 Å². The topological polar surface area (TPSA) is 69.6 Å². The van der Waals surface area contributed by atoms with Crippen molar-refractivity contribution >= 4 is 12.0 Å². The third kappa shape index (κ3) is 4.35. The molecule has 0 radical (unpaired) electrons. The van der Waals surface area contributed by atoms with Crippen LogP contribution in [0.15, 0.2) is 0 Å². The molecule has 2 fully saturated rings. The number of nitrogens with zero attached hydrogens (tertiary/aromatic N) is 1. The number of carbonyl (C=O) groups is 2. The number of nitrogens with one attached hydrogen (secondary N) is 1. The molecule has 5 heteroatoms. The molecule has 0 aromatic heterocycles. The monoisotopic (exact) mass is 296 g/mol. The first-order valence-corrected chi connectivity index (χ1v) is 8.26. The molecule has 2 aliphatic rings. The van der Waals surface area contributed by atoms with Crippen molar-refractivity contribution in [2.45, 2.75) is 70.9 Å². The predicted molar refractivity (Wildman–Crippen MR) is 81.1 cm³/mol. The molecule has 0 aromatic rings. The summed E-state index contributed by atoms with van der Waals surface area (Å²) in [6.07, 6.45) is 6.08. The number of piperidine rings is 1. The fraction of sp³-hybridized carbons (Fsp3) is 0.875. The van der Waals surface area contributed by atoms with Gasteiger partial charge in [-0.1, -0.05) is 13.8 Å². The molecular formula is C16H28N2O3. The summed E-state index contributed by atoms with van der Waals surface area (Å²) < 4.78 is 0. The molecule has 1 saturated heterocycles. The third-order valence-corrected chi connectivity index (χ3v) is 5.22.